The molecule has 0 saturated carbocycles. The Morgan fingerprint density at radius 1 is 1.29 bits per heavy atom. The number of ether oxygens (including phenoxy) is 2. The van der Waals surface area contributed by atoms with E-state index >= 15 is 0 Å². The molecular formula is C16H23N3O5. The maximum Gasteiger partial charge on any atom is 0.293 e. The highest BCUT2D eigenvalue weighted by molar-refractivity contribution is 5.95. The van der Waals surface area contributed by atoms with Gasteiger partial charge in [0.1, 0.15) is 5.69 Å². The Morgan fingerprint density at radius 3 is 2.54 bits per heavy atom. The first kappa shape index (κ1) is 18.2. The fourth-order valence-electron chi connectivity index (χ4n) is 2.75. The van der Waals surface area contributed by atoms with E-state index in [9.17, 15) is 14.9 Å². The molecule has 0 spiro atoms. The fourth-order valence-corrected chi connectivity index (χ4v) is 2.75. The second kappa shape index (κ2) is 8.60. The van der Waals surface area contributed by atoms with Crippen molar-refractivity contribution in [2.45, 2.75) is 25.6 Å². The summed E-state index contributed by atoms with van der Waals surface area (Å²) >= 11 is 0. The van der Waals surface area contributed by atoms with Crippen LogP contribution in [0.3, 0.4) is 0 Å². The summed E-state index contributed by atoms with van der Waals surface area (Å²) in [4.78, 5) is 25.2. The molecule has 1 fully saturated rings. The molecule has 0 bridgehead atoms. The van der Waals surface area contributed by atoms with E-state index < -0.39 is 17.1 Å². The van der Waals surface area contributed by atoms with Gasteiger partial charge in [-0.15, -0.1) is 0 Å². The van der Waals surface area contributed by atoms with Gasteiger partial charge < -0.3 is 19.7 Å². The van der Waals surface area contributed by atoms with Gasteiger partial charge in [0.25, 0.3) is 11.6 Å². The number of benzene rings is 1. The molecule has 0 aliphatic carbocycles. The van der Waals surface area contributed by atoms with Crippen molar-refractivity contribution in [1.29, 1.82) is 0 Å². The number of carbonyl (C=O) groups is 1. The van der Waals surface area contributed by atoms with E-state index in [-0.39, 0.29) is 17.8 Å². The van der Waals surface area contributed by atoms with Crippen LogP contribution in [0.4, 0.5) is 11.4 Å². The van der Waals surface area contributed by atoms with Gasteiger partial charge in [-0.3, -0.25) is 14.9 Å². The van der Waals surface area contributed by atoms with Gasteiger partial charge in [0, 0.05) is 38.9 Å². The summed E-state index contributed by atoms with van der Waals surface area (Å²) in [5, 5.41) is 14.0. The summed E-state index contributed by atoms with van der Waals surface area (Å²) in [6.07, 6.45) is 2.63. The number of nitrogens with one attached hydrogen (secondary N) is 1. The Labute approximate surface area is 140 Å². The van der Waals surface area contributed by atoms with Crippen molar-refractivity contribution >= 4 is 17.3 Å². The number of hydrogen-bond donors (Lipinski definition) is 1. The number of nitro groups is 1. The molecule has 1 saturated heterocycles. The molecule has 1 aliphatic heterocycles. The van der Waals surface area contributed by atoms with Crippen molar-refractivity contribution < 1.29 is 19.2 Å². The third-order valence-electron chi connectivity index (χ3n) is 4.09. The number of hydrogen-bond acceptors (Lipinski definition) is 6. The molecule has 2 rings (SSSR count). The second-order valence-electron chi connectivity index (χ2n) is 5.62. The fraction of sp³-hybridized carbons (Fsp3) is 0.562. The van der Waals surface area contributed by atoms with E-state index in [4.69, 9.17) is 9.47 Å². The molecule has 1 aromatic carbocycles. The second-order valence-corrected chi connectivity index (χ2v) is 5.62. The first-order valence-corrected chi connectivity index (χ1v) is 7.94. The zero-order valence-electron chi connectivity index (χ0n) is 14.0. The molecular weight excluding hydrogens is 314 g/mol. The topological polar surface area (TPSA) is 93.9 Å². The number of methoxy groups -OCH3 is 2. The Morgan fingerprint density at radius 2 is 1.96 bits per heavy atom. The lowest BCUT2D eigenvalue weighted by Crippen LogP contribution is -2.34. The van der Waals surface area contributed by atoms with Crippen LogP contribution in [-0.4, -0.2) is 51.0 Å². The summed E-state index contributed by atoms with van der Waals surface area (Å²) in [6, 6.07) is 4.59. The molecule has 1 amide bonds. The standard InChI is InChI=1S/C16H23N3O5/c1-23-15(24-2)11-17-16(20)12-6-7-13(14(10-12)19(21)22)18-8-4-3-5-9-18/h6-7,10,15H,3-5,8-9,11H2,1-2H3,(H,17,20). The Balaban J connectivity index is 2.15. The summed E-state index contributed by atoms with van der Waals surface area (Å²) in [6.45, 7) is 1.76. The normalized spacial score (nSPS) is 14.7. The van der Waals surface area contributed by atoms with Gasteiger partial charge in [-0.05, 0) is 31.4 Å². The third-order valence-corrected chi connectivity index (χ3v) is 4.09. The quantitative estimate of drug-likeness (QED) is 0.464. The van der Waals surface area contributed by atoms with E-state index in [2.05, 4.69) is 5.32 Å². The minimum absolute atomic E-state index is 0.0421. The van der Waals surface area contributed by atoms with Crippen molar-refractivity contribution in [3.05, 3.63) is 33.9 Å². The van der Waals surface area contributed by atoms with Crippen molar-refractivity contribution in [3.63, 3.8) is 0 Å². The summed E-state index contributed by atoms with van der Waals surface area (Å²) < 4.78 is 9.99. The van der Waals surface area contributed by atoms with E-state index in [1.165, 1.54) is 20.3 Å². The highest BCUT2D eigenvalue weighted by Crippen LogP contribution is 2.31. The van der Waals surface area contributed by atoms with E-state index in [1.807, 2.05) is 4.90 Å². The van der Waals surface area contributed by atoms with Gasteiger partial charge in [-0.2, -0.15) is 0 Å². The molecule has 0 radical (unpaired) electrons. The van der Waals surface area contributed by atoms with Gasteiger partial charge in [0.05, 0.1) is 11.5 Å². The van der Waals surface area contributed by atoms with Crippen LogP contribution in [0.15, 0.2) is 18.2 Å². The van der Waals surface area contributed by atoms with Crippen molar-refractivity contribution in [3.8, 4) is 0 Å². The number of nitrogens with zero attached hydrogens (tertiary/aromatic N) is 2. The maximum atomic E-state index is 12.2. The van der Waals surface area contributed by atoms with Gasteiger partial charge in [0.2, 0.25) is 0 Å². The predicted molar refractivity (Wildman–Crippen MR) is 89.3 cm³/mol. The minimum Gasteiger partial charge on any atom is -0.366 e. The highest BCUT2D eigenvalue weighted by atomic mass is 16.7. The molecule has 132 valence electrons. The summed E-state index contributed by atoms with van der Waals surface area (Å²) in [7, 11) is 2.94. The molecule has 0 aromatic heterocycles. The van der Waals surface area contributed by atoms with Crippen LogP contribution in [0, 0.1) is 10.1 Å². The molecule has 8 nitrogen and oxygen atoms in total. The summed E-state index contributed by atoms with van der Waals surface area (Å²) in [5.74, 6) is -0.401. The number of piperidine rings is 1. The van der Waals surface area contributed by atoms with Crippen LogP contribution < -0.4 is 10.2 Å². The molecule has 8 heteroatoms. The SMILES string of the molecule is COC(CNC(=O)c1ccc(N2CCCCC2)c([N+](=O)[O-])c1)OC. The number of amides is 1. The smallest absolute Gasteiger partial charge is 0.293 e. The Hall–Kier alpha value is -2.19. The molecule has 1 heterocycles. The summed E-state index contributed by atoms with van der Waals surface area (Å²) in [5.41, 5.74) is 0.774. The first-order valence-electron chi connectivity index (χ1n) is 7.94. The van der Waals surface area contributed by atoms with Crippen molar-refractivity contribution in [1.82, 2.24) is 5.32 Å². The lowest BCUT2D eigenvalue weighted by molar-refractivity contribution is -0.384. The molecule has 1 N–H and O–H groups in total. The number of anilines is 1. The lowest BCUT2D eigenvalue weighted by atomic mass is 10.1. The van der Waals surface area contributed by atoms with Crippen LogP contribution >= 0.6 is 0 Å². The highest BCUT2D eigenvalue weighted by Gasteiger charge is 2.23. The average molecular weight is 337 g/mol. The molecule has 1 aliphatic rings. The first-order chi connectivity index (χ1) is 11.6. The van der Waals surface area contributed by atoms with Crippen LogP contribution in [0.2, 0.25) is 0 Å². The maximum absolute atomic E-state index is 12.2. The molecule has 0 atom stereocenters. The van der Waals surface area contributed by atoms with E-state index in [1.54, 1.807) is 12.1 Å². The van der Waals surface area contributed by atoms with Crippen LogP contribution in [0.25, 0.3) is 0 Å². The minimum atomic E-state index is -0.559. The van der Waals surface area contributed by atoms with Crippen LogP contribution in [0.5, 0.6) is 0 Å². The lowest BCUT2D eigenvalue weighted by Gasteiger charge is -2.28. The van der Waals surface area contributed by atoms with Gasteiger partial charge in [0.15, 0.2) is 6.29 Å². The van der Waals surface area contributed by atoms with Crippen molar-refractivity contribution in [2.24, 2.45) is 0 Å². The van der Waals surface area contributed by atoms with Crippen LogP contribution in [-0.2, 0) is 9.47 Å². The van der Waals surface area contributed by atoms with E-state index in [0.717, 1.165) is 32.4 Å². The Bertz CT molecular complexity index is 583. The zero-order chi connectivity index (χ0) is 17.5. The van der Waals surface area contributed by atoms with Gasteiger partial charge in [-0.1, -0.05) is 0 Å². The number of rotatable bonds is 7. The molecule has 24 heavy (non-hydrogen) atoms. The molecule has 0 unspecified atom stereocenters. The van der Waals surface area contributed by atoms with Crippen LogP contribution in [0.1, 0.15) is 29.6 Å². The monoisotopic (exact) mass is 337 g/mol. The Kier molecular flexibility index (Phi) is 6.51. The van der Waals surface area contributed by atoms with Crippen molar-refractivity contribution in [2.75, 3.05) is 38.8 Å². The average Bonchev–Trinajstić information content (AvgIpc) is 2.62. The zero-order valence-corrected chi connectivity index (χ0v) is 14.0. The number of carbonyl (C=O) groups excluding carboxylic acids is 1. The van der Waals surface area contributed by atoms with Gasteiger partial charge in [-0.25, -0.2) is 0 Å². The largest absolute Gasteiger partial charge is 0.366 e. The molecule has 1 aromatic rings. The third kappa shape index (κ3) is 4.42. The van der Waals surface area contributed by atoms with E-state index in [0.29, 0.717) is 5.69 Å². The predicted octanol–water partition coefficient (Wildman–Crippen LogP) is 1.93. The number of nitro benzene ring substituents is 1. The van der Waals surface area contributed by atoms with Gasteiger partial charge >= 0.3 is 0 Å².